The normalized spacial score (nSPS) is 17.2. The van der Waals surface area contributed by atoms with E-state index in [2.05, 4.69) is 73.6 Å². The van der Waals surface area contributed by atoms with Gasteiger partial charge in [-0.3, -0.25) is 0 Å². The zero-order valence-electron chi connectivity index (χ0n) is 12.5. The highest BCUT2D eigenvalue weighted by atomic mass is 15.1. The number of para-hydroxylation sites is 1. The Morgan fingerprint density at radius 3 is 2.75 bits per heavy atom. The third-order valence-electron chi connectivity index (χ3n) is 4.20. The predicted octanol–water partition coefficient (Wildman–Crippen LogP) is 4.51. The Kier molecular flexibility index (Phi) is 3.39. The molecular weight excluding hydrogens is 244 g/mol. The van der Waals surface area contributed by atoms with Gasteiger partial charge in [-0.1, -0.05) is 18.2 Å². The quantitative estimate of drug-likeness (QED) is 0.860. The van der Waals surface area contributed by atoms with Crippen molar-refractivity contribution in [3.05, 3.63) is 53.6 Å². The second kappa shape index (κ2) is 5.20. The van der Waals surface area contributed by atoms with Gasteiger partial charge in [-0.2, -0.15) is 0 Å². The first-order chi connectivity index (χ1) is 9.65. The average molecular weight is 266 g/mol. The van der Waals surface area contributed by atoms with Crippen molar-refractivity contribution in [2.75, 3.05) is 17.3 Å². The monoisotopic (exact) mass is 266 g/mol. The summed E-state index contributed by atoms with van der Waals surface area (Å²) in [6.45, 7) is 4.41. The summed E-state index contributed by atoms with van der Waals surface area (Å²) < 4.78 is 0. The minimum Gasteiger partial charge on any atom is -0.382 e. The Hall–Kier alpha value is -1.96. The topological polar surface area (TPSA) is 15.3 Å². The van der Waals surface area contributed by atoms with Crippen LogP contribution in [0.3, 0.4) is 0 Å². The molecule has 0 saturated heterocycles. The number of aryl methyl sites for hydroxylation is 2. The average Bonchev–Trinajstić information content (AvgIpc) is 2.46. The number of fused-ring (bicyclic) bond motifs is 1. The Morgan fingerprint density at radius 2 is 1.95 bits per heavy atom. The van der Waals surface area contributed by atoms with Gasteiger partial charge in [0.2, 0.25) is 0 Å². The molecule has 0 amide bonds. The molecule has 2 aromatic rings. The summed E-state index contributed by atoms with van der Waals surface area (Å²) in [7, 11) is 2.14. The summed E-state index contributed by atoms with van der Waals surface area (Å²) in [5, 5.41) is 3.56. The number of benzene rings is 2. The van der Waals surface area contributed by atoms with Crippen LogP contribution in [0.1, 0.15) is 24.5 Å². The summed E-state index contributed by atoms with van der Waals surface area (Å²) in [5.41, 5.74) is 6.56. The largest absolute Gasteiger partial charge is 0.382 e. The highest BCUT2D eigenvalue weighted by Crippen LogP contribution is 2.32. The van der Waals surface area contributed by atoms with E-state index < -0.39 is 0 Å². The van der Waals surface area contributed by atoms with Gasteiger partial charge < -0.3 is 10.2 Å². The van der Waals surface area contributed by atoms with Crippen molar-refractivity contribution in [1.29, 1.82) is 0 Å². The molecule has 2 nitrogen and oxygen atoms in total. The summed E-state index contributed by atoms with van der Waals surface area (Å²) in [4.78, 5) is 2.27. The molecule has 1 heterocycles. The van der Waals surface area contributed by atoms with Crippen LogP contribution in [-0.2, 0) is 6.42 Å². The van der Waals surface area contributed by atoms with E-state index in [0.29, 0.717) is 6.04 Å². The van der Waals surface area contributed by atoms with E-state index in [-0.39, 0.29) is 0 Å². The molecule has 3 rings (SSSR count). The van der Waals surface area contributed by atoms with Crippen molar-refractivity contribution in [2.45, 2.75) is 32.7 Å². The second-order valence-electron chi connectivity index (χ2n) is 5.77. The van der Waals surface area contributed by atoms with Crippen LogP contribution in [0.4, 0.5) is 17.1 Å². The lowest BCUT2D eigenvalue weighted by Gasteiger charge is -2.27. The van der Waals surface area contributed by atoms with Crippen molar-refractivity contribution in [1.82, 2.24) is 0 Å². The summed E-state index contributed by atoms with van der Waals surface area (Å²) in [6, 6.07) is 15.8. The molecule has 20 heavy (non-hydrogen) atoms. The molecule has 104 valence electrons. The fourth-order valence-corrected chi connectivity index (χ4v) is 2.92. The molecule has 0 aromatic heterocycles. The lowest BCUT2D eigenvalue weighted by atomic mass is 9.98. The van der Waals surface area contributed by atoms with E-state index in [0.717, 1.165) is 0 Å². The Balaban J connectivity index is 1.93. The SMILES string of the molecule is Cc1ccccc1N(C)c1ccc2c(c1)CCC(C)N2. The first kappa shape index (κ1) is 13.0. The highest BCUT2D eigenvalue weighted by Gasteiger charge is 2.15. The summed E-state index contributed by atoms with van der Waals surface area (Å²) in [6.07, 6.45) is 2.38. The van der Waals surface area contributed by atoms with Gasteiger partial charge >= 0.3 is 0 Å². The van der Waals surface area contributed by atoms with Crippen molar-refractivity contribution in [3.8, 4) is 0 Å². The highest BCUT2D eigenvalue weighted by molar-refractivity contribution is 5.69. The van der Waals surface area contributed by atoms with E-state index in [4.69, 9.17) is 0 Å². The molecule has 2 heteroatoms. The van der Waals surface area contributed by atoms with Crippen LogP contribution in [0, 0.1) is 6.92 Å². The Bertz CT molecular complexity index is 619. The van der Waals surface area contributed by atoms with Crippen molar-refractivity contribution in [3.63, 3.8) is 0 Å². The minimum atomic E-state index is 0.586. The van der Waals surface area contributed by atoms with Crippen LogP contribution < -0.4 is 10.2 Å². The maximum Gasteiger partial charge on any atom is 0.0437 e. The number of nitrogens with one attached hydrogen (secondary N) is 1. The van der Waals surface area contributed by atoms with E-state index in [9.17, 15) is 0 Å². The van der Waals surface area contributed by atoms with Crippen LogP contribution in [0.25, 0.3) is 0 Å². The molecule has 1 N–H and O–H groups in total. The van der Waals surface area contributed by atoms with E-state index in [1.807, 2.05) is 0 Å². The van der Waals surface area contributed by atoms with Gasteiger partial charge in [0.1, 0.15) is 0 Å². The van der Waals surface area contributed by atoms with E-state index in [1.165, 1.54) is 41.0 Å². The number of hydrogen-bond acceptors (Lipinski definition) is 2. The fourth-order valence-electron chi connectivity index (χ4n) is 2.92. The minimum absolute atomic E-state index is 0.586. The Labute approximate surface area is 121 Å². The van der Waals surface area contributed by atoms with Crippen molar-refractivity contribution in [2.24, 2.45) is 0 Å². The summed E-state index contributed by atoms with van der Waals surface area (Å²) in [5.74, 6) is 0. The lowest BCUT2D eigenvalue weighted by Crippen LogP contribution is -2.22. The fraction of sp³-hybridized carbons (Fsp3) is 0.333. The predicted molar refractivity (Wildman–Crippen MR) is 87.1 cm³/mol. The zero-order valence-corrected chi connectivity index (χ0v) is 12.5. The molecule has 0 bridgehead atoms. The molecule has 0 fully saturated rings. The van der Waals surface area contributed by atoms with E-state index in [1.54, 1.807) is 0 Å². The second-order valence-corrected chi connectivity index (χ2v) is 5.77. The van der Waals surface area contributed by atoms with Gasteiger partial charge in [0, 0.05) is 30.2 Å². The van der Waals surface area contributed by atoms with Gasteiger partial charge in [0.05, 0.1) is 0 Å². The molecule has 1 unspecified atom stereocenters. The smallest absolute Gasteiger partial charge is 0.0437 e. The maximum absolute atomic E-state index is 3.56. The molecular formula is C18H22N2. The van der Waals surface area contributed by atoms with Gasteiger partial charge in [0.15, 0.2) is 0 Å². The standard InChI is InChI=1S/C18H22N2/c1-13-6-4-5-7-18(13)20(3)16-10-11-17-15(12-16)9-8-14(2)19-17/h4-7,10-12,14,19H,8-9H2,1-3H3. The number of hydrogen-bond donors (Lipinski definition) is 1. The Morgan fingerprint density at radius 1 is 1.15 bits per heavy atom. The maximum atomic E-state index is 3.56. The number of anilines is 3. The van der Waals surface area contributed by atoms with Crippen molar-refractivity contribution < 1.29 is 0 Å². The van der Waals surface area contributed by atoms with Crippen LogP contribution in [0.5, 0.6) is 0 Å². The molecule has 0 saturated carbocycles. The molecule has 1 atom stereocenters. The molecule has 0 spiro atoms. The van der Waals surface area contributed by atoms with Crippen LogP contribution in [0.15, 0.2) is 42.5 Å². The number of nitrogens with zero attached hydrogens (tertiary/aromatic N) is 1. The molecule has 0 aliphatic carbocycles. The molecule has 0 radical (unpaired) electrons. The molecule has 1 aliphatic heterocycles. The zero-order chi connectivity index (χ0) is 14.1. The molecule has 2 aromatic carbocycles. The third kappa shape index (κ3) is 2.38. The van der Waals surface area contributed by atoms with Crippen LogP contribution in [-0.4, -0.2) is 13.1 Å². The first-order valence-electron chi connectivity index (χ1n) is 7.34. The number of rotatable bonds is 2. The molecule has 1 aliphatic rings. The van der Waals surface area contributed by atoms with Crippen LogP contribution >= 0.6 is 0 Å². The third-order valence-corrected chi connectivity index (χ3v) is 4.20. The van der Waals surface area contributed by atoms with Crippen molar-refractivity contribution >= 4 is 17.1 Å². The first-order valence-corrected chi connectivity index (χ1v) is 7.34. The lowest BCUT2D eigenvalue weighted by molar-refractivity contribution is 0.681. The van der Waals surface area contributed by atoms with E-state index >= 15 is 0 Å². The van der Waals surface area contributed by atoms with Gasteiger partial charge in [0.25, 0.3) is 0 Å². The summed E-state index contributed by atoms with van der Waals surface area (Å²) >= 11 is 0. The van der Waals surface area contributed by atoms with Gasteiger partial charge in [-0.15, -0.1) is 0 Å². The van der Waals surface area contributed by atoms with Gasteiger partial charge in [-0.25, -0.2) is 0 Å². The van der Waals surface area contributed by atoms with Gasteiger partial charge in [-0.05, 0) is 62.1 Å². The van der Waals surface area contributed by atoms with Crippen LogP contribution in [0.2, 0.25) is 0 Å².